The molecule has 1 aliphatic rings. The van der Waals surface area contributed by atoms with Gasteiger partial charge in [-0.1, -0.05) is 17.7 Å². The van der Waals surface area contributed by atoms with Crippen LogP contribution in [0, 0.1) is 0 Å². The molecule has 23 heavy (non-hydrogen) atoms. The van der Waals surface area contributed by atoms with Crippen LogP contribution in [0.4, 0.5) is 0 Å². The van der Waals surface area contributed by atoms with Crippen LogP contribution in [-0.2, 0) is 7.05 Å². The van der Waals surface area contributed by atoms with Crippen molar-refractivity contribution in [1.29, 1.82) is 0 Å². The fourth-order valence-electron chi connectivity index (χ4n) is 2.67. The fourth-order valence-corrected chi connectivity index (χ4v) is 2.83. The molecule has 2 aromatic rings. The summed E-state index contributed by atoms with van der Waals surface area (Å²) in [7, 11) is 1.62. The molecule has 0 unspecified atom stereocenters. The van der Waals surface area contributed by atoms with Crippen molar-refractivity contribution in [3.05, 3.63) is 63.0 Å². The number of carbonyl (C=O) groups excluding carboxylic acids is 1. The molecule has 0 bridgehead atoms. The number of nitrogens with zero attached hydrogens (tertiary/aromatic N) is 1. The van der Waals surface area contributed by atoms with Crippen molar-refractivity contribution in [3.63, 3.8) is 0 Å². The molecule has 5 nitrogen and oxygen atoms in total. The van der Waals surface area contributed by atoms with Crippen molar-refractivity contribution < 1.29 is 9.53 Å². The highest BCUT2D eigenvalue weighted by atomic mass is 35.5. The molecule has 120 valence electrons. The highest BCUT2D eigenvalue weighted by Gasteiger charge is 2.22. The average Bonchev–Trinajstić information content (AvgIpc) is 2.72. The Morgan fingerprint density at radius 3 is 2.96 bits per heavy atom. The second kappa shape index (κ2) is 6.46. The van der Waals surface area contributed by atoms with E-state index in [1.807, 2.05) is 6.07 Å². The van der Waals surface area contributed by atoms with E-state index in [1.54, 1.807) is 19.2 Å². The first kappa shape index (κ1) is 15.6. The molecule has 0 spiro atoms. The Bertz CT molecular complexity index is 801. The lowest BCUT2D eigenvalue weighted by Crippen LogP contribution is -2.29. The Labute approximate surface area is 138 Å². The molecule has 1 amide bonds. The minimum absolute atomic E-state index is 0.144. The molecular formula is C17H17ClN2O3. The van der Waals surface area contributed by atoms with E-state index in [0.29, 0.717) is 22.9 Å². The van der Waals surface area contributed by atoms with Gasteiger partial charge in [0.05, 0.1) is 18.2 Å². The first-order valence-electron chi connectivity index (χ1n) is 7.44. The van der Waals surface area contributed by atoms with E-state index in [4.69, 9.17) is 16.3 Å². The zero-order chi connectivity index (χ0) is 16.4. The second-order valence-electron chi connectivity index (χ2n) is 5.57. The van der Waals surface area contributed by atoms with Crippen LogP contribution in [0.15, 0.2) is 41.3 Å². The molecule has 1 aromatic carbocycles. The summed E-state index contributed by atoms with van der Waals surface area (Å²) in [5, 5.41) is 3.63. The standard InChI is InChI=1S/C17H17ClN2O3/c1-20-10-11(4-7-16(20)21)17(22)19-14-3-2-8-23-15-9-12(18)5-6-13(14)15/h4-7,9-10,14H,2-3,8H2,1H3,(H,19,22)/t14-/m0/s1. The quantitative estimate of drug-likeness (QED) is 0.919. The summed E-state index contributed by atoms with van der Waals surface area (Å²) < 4.78 is 7.09. The van der Waals surface area contributed by atoms with Gasteiger partial charge in [-0.2, -0.15) is 0 Å². The number of rotatable bonds is 2. The summed E-state index contributed by atoms with van der Waals surface area (Å²) >= 11 is 6.01. The van der Waals surface area contributed by atoms with Crippen LogP contribution in [0.5, 0.6) is 5.75 Å². The highest BCUT2D eigenvalue weighted by Crippen LogP contribution is 2.33. The van der Waals surface area contributed by atoms with Crippen LogP contribution in [0.3, 0.4) is 0 Å². The second-order valence-corrected chi connectivity index (χ2v) is 6.00. The minimum atomic E-state index is -0.214. The van der Waals surface area contributed by atoms with Crippen LogP contribution in [-0.4, -0.2) is 17.1 Å². The maximum Gasteiger partial charge on any atom is 0.253 e. The number of hydrogen-bond acceptors (Lipinski definition) is 3. The van der Waals surface area contributed by atoms with Crippen molar-refractivity contribution in [2.75, 3.05) is 6.61 Å². The molecule has 0 radical (unpaired) electrons. The predicted octanol–water partition coefficient (Wildman–Crippen LogP) is 2.68. The smallest absolute Gasteiger partial charge is 0.253 e. The lowest BCUT2D eigenvalue weighted by molar-refractivity contribution is 0.0934. The third kappa shape index (κ3) is 3.40. The zero-order valence-electron chi connectivity index (χ0n) is 12.7. The van der Waals surface area contributed by atoms with E-state index in [9.17, 15) is 9.59 Å². The van der Waals surface area contributed by atoms with Crippen LogP contribution < -0.4 is 15.6 Å². The van der Waals surface area contributed by atoms with Crippen molar-refractivity contribution in [3.8, 4) is 5.75 Å². The van der Waals surface area contributed by atoms with Gasteiger partial charge in [0.1, 0.15) is 5.75 Å². The molecule has 0 aliphatic carbocycles. The molecule has 3 rings (SSSR count). The van der Waals surface area contributed by atoms with Gasteiger partial charge in [0.25, 0.3) is 5.91 Å². The van der Waals surface area contributed by atoms with Crippen LogP contribution >= 0.6 is 11.6 Å². The molecule has 1 aromatic heterocycles. The van der Waals surface area contributed by atoms with Crippen molar-refractivity contribution in [2.45, 2.75) is 18.9 Å². The monoisotopic (exact) mass is 332 g/mol. The number of nitrogens with one attached hydrogen (secondary N) is 1. The van der Waals surface area contributed by atoms with Crippen molar-refractivity contribution >= 4 is 17.5 Å². The van der Waals surface area contributed by atoms with Gasteiger partial charge >= 0.3 is 0 Å². The van der Waals surface area contributed by atoms with Crippen molar-refractivity contribution in [2.24, 2.45) is 7.05 Å². The number of aryl methyl sites for hydroxylation is 1. The molecule has 2 heterocycles. The summed E-state index contributed by atoms with van der Waals surface area (Å²) in [6.45, 7) is 0.597. The average molecular weight is 333 g/mol. The zero-order valence-corrected chi connectivity index (χ0v) is 13.5. The molecular weight excluding hydrogens is 316 g/mol. The van der Waals surface area contributed by atoms with Gasteiger partial charge < -0.3 is 14.6 Å². The molecule has 1 atom stereocenters. The Balaban J connectivity index is 1.86. The Morgan fingerprint density at radius 2 is 2.17 bits per heavy atom. The van der Waals surface area contributed by atoms with Gasteiger partial charge in [0, 0.05) is 29.9 Å². The SMILES string of the molecule is Cn1cc(C(=O)N[C@H]2CCCOc3cc(Cl)ccc32)ccc1=O. The molecule has 1 N–H and O–H groups in total. The number of hydrogen-bond donors (Lipinski definition) is 1. The van der Waals surface area contributed by atoms with E-state index in [1.165, 1.54) is 22.9 Å². The van der Waals surface area contributed by atoms with Gasteiger partial charge in [-0.15, -0.1) is 0 Å². The van der Waals surface area contributed by atoms with E-state index in [-0.39, 0.29) is 17.5 Å². The first-order chi connectivity index (χ1) is 11.0. The number of pyridine rings is 1. The Morgan fingerprint density at radius 1 is 1.35 bits per heavy atom. The maximum atomic E-state index is 12.5. The first-order valence-corrected chi connectivity index (χ1v) is 7.82. The summed E-state index contributed by atoms with van der Waals surface area (Å²) in [4.78, 5) is 23.9. The predicted molar refractivity (Wildman–Crippen MR) is 88.1 cm³/mol. The lowest BCUT2D eigenvalue weighted by atomic mass is 10.0. The number of ether oxygens (including phenoxy) is 1. The van der Waals surface area contributed by atoms with E-state index < -0.39 is 0 Å². The molecule has 1 aliphatic heterocycles. The number of halogens is 1. The minimum Gasteiger partial charge on any atom is -0.493 e. The van der Waals surface area contributed by atoms with Gasteiger partial charge in [-0.25, -0.2) is 0 Å². The van der Waals surface area contributed by atoms with Gasteiger partial charge in [-0.05, 0) is 31.0 Å². The van der Waals surface area contributed by atoms with E-state index >= 15 is 0 Å². The van der Waals surface area contributed by atoms with Crippen LogP contribution in [0.1, 0.15) is 34.8 Å². The summed E-state index contributed by atoms with van der Waals surface area (Å²) in [5.74, 6) is 0.495. The normalized spacial score (nSPS) is 16.9. The number of benzene rings is 1. The fraction of sp³-hybridized carbons (Fsp3) is 0.294. The largest absolute Gasteiger partial charge is 0.493 e. The summed E-state index contributed by atoms with van der Waals surface area (Å²) in [6.07, 6.45) is 3.16. The third-order valence-corrected chi connectivity index (χ3v) is 4.13. The maximum absolute atomic E-state index is 12.5. The van der Waals surface area contributed by atoms with E-state index in [0.717, 1.165) is 18.4 Å². The molecule has 0 saturated heterocycles. The summed E-state index contributed by atoms with van der Waals surface area (Å²) in [5.41, 5.74) is 1.22. The molecule has 0 fully saturated rings. The number of carbonyl (C=O) groups is 1. The third-order valence-electron chi connectivity index (χ3n) is 3.90. The topological polar surface area (TPSA) is 60.3 Å². The van der Waals surface area contributed by atoms with Crippen molar-refractivity contribution in [1.82, 2.24) is 9.88 Å². The van der Waals surface area contributed by atoms with Crippen LogP contribution in [0.2, 0.25) is 5.02 Å². The van der Waals surface area contributed by atoms with Crippen LogP contribution in [0.25, 0.3) is 0 Å². The van der Waals surface area contributed by atoms with E-state index in [2.05, 4.69) is 5.32 Å². The number of aromatic nitrogens is 1. The van der Waals surface area contributed by atoms with Gasteiger partial charge in [0.2, 0.25) is 5.56 Å². The number of amides is 1. The molecule has 0 saturated carbocycles. The Kier molecular flexibility index (Phi) is 4.39. The van der Waals surface area contributed by atoms with Gasteiger partial charge in [-0.3, -0.25) is 9.59 Å². The lowest BCUT2D eigenvalue weighted by Gasteiger charge is -2.18. The van der Waals surface area contributed by atoms with Gasteiger partial charge in [0.15, 0.2) is 0 Å². The summed E-state index contributed by atoms with van der Waals surface area (Å²) in [6, 6.07) is 8.23. The molecule has 6 heteroatoms. The Hall–Kier alpha value is -2.27. The number of fused-ring (bicyclic) bond motifs is 1. The highest BCUT2D eigenvalue weighted by molar-refractivity contribution is 6.30.